The van der Waals surface area contributed by atoms with Crippen LogP contribution in [0.25, 0.3) is 0 Å². The number of nitrogens with two attached hydrogens (primary N) is 1. The van der Waals surface area contributed by atoms with Crippen molar-refractivity contribution in [3.8, 4) is 5.75 Å². The predicted molar refractivity (Wildman–Crippen MR) is 72.5 cm³/mol. The van der Waals surface area contributed by atoms with Crippen molar-refractivity contribution in [2.45, 2.75) is 25.8 Å². The Morgan fingerprint density at radius 3 is 2.67 bits per heavy atom. The zero-order valence-electron chi connectivity index (χ0n) is 11.3. The van der Waals surface area contributed by atoms with Crippen LogP contribution in [-0.4, -0.2) is 31.5 Å². The number of carbonyl (C=O) groups excluding carboxylic acids is 1. The summed E-state index contributed by atoms with van der Waals surface area (Å²) in [6.07, 6.45) is 1.24. The number of hydrogen-bond donors (Lipinski definition) is 1. The summed E-state index contributed by atoms with van der Waals surface area (Å²) in [4.78, 5) is 13.0. The fourth-order valence-corrected chi connectivity index (χ4v) is 1.61. The lowest BCUT2D eigenvalue weighted by Gasteiger charge is -2.16. The number of para-hydroxylation sites is 1. The first-order valence-electron chi connectivity index (χ1n) is 6.23. The molecular formula is C14H22N2O2. The molecule has 100 valence electrons. The minimum atomic E-state index is -0.0225. The van der Waals surface area contributed by atoms with Crippen molar-refractivity contribution in [3.05, 3.63) is 29.8 Å². The third kappa shape index (κ3) is 4.04. The summed E-state index contributed by atoms with van der Waals surface area (Å²) in [5, 5.41) is 0. The number of ether oxygens (including phenoxy) is 1. The van der Waals surface area contributed by atoms with Crippen LogP contribution >= 0.6 is 0 Å². The van der Waals surface area contributed by atoms with E-state index in [1.54, 1.807) is 19.0 Å². The first-order chi connectivity index (χ1) is 8.56. The van der Waals surface area contributed by atoms with E-state index in [0.29, 0.717) is 13.0 Å². The lowest BCUT2D eigenvalue weighted by Crippen LogP contribution is -2.23. The molecule has 0 saturated carbocycles. The van der Waals surface area contributed by atoms with Gasteiger partial charge in [-0.05, 0) is 12.5 Å². The lowest BCUT2D eigenvalue weighted by atomic mass is 10.0. The van der Waals surface area contributed by atoms with Gasteiger partial charge in [0.25, 0.3) is 0 Å². The number of hydrogen-bond acceptors (Lipinski definition) is 3. The normalized spacial score (nSPS) is 12.0. The van der Waals surface area contributed by atoms with Gasteiger partial charge in [-0.3, -0.25) is 4.79 Å². The fraction of sp³-hybridized carbons (Fsp3) is 0.500. The zero-order chi connectivity index (χ0) is 13.5. The Labute approximate surface area is 109 Å². The van der Waals surface area contributed by atoms with Crippen LogP contribution in [0.4, 0.5) is 0 Å². The summed E-state index contributed by atoms with van der Waals surface area (Å²) in [5.74, 6) is 0.839. The van der Waals surface area contributed by atoms with Crippen LogP contribution in [0.3, 0.4) is 0 Å². The largest absolute Gasteiger partial charge is 0.493 e. The molecule has 2 N–H and O–H groups in total. The molecule has 4 heteroatoms. The van der Waals surface area contributed by atoms with Gasteiger partial charge in [0.1, 0.15) is 5.75 Å². The van der Waals surface area contributed by atoms with E-state index in [4.69, 9.17) is 10.5 Å². The van der Waals surface area contributed by atoms with Gasteiger partial charge in [-0.25, -0.2) is 0 Å². The van der Waals surface area contributed by atoms with Crippen LogP contribution in [0.1, 0.15) is 31.4 Å². The van der Waals surface area contributed by atoms with Crippen molar-refractivity contribution in [2.75, 3.05) is 20.7 Å². The van der Waals surface area contributed by atoms with Gasteiger partial charge in [-0.2, -0.15) is 0 Å². The maximum Gasteiger partial charge on any atom is 0.225 e. The second-order valence-corrected chi connectivity index (χ2v) is 4.44. The van der Waals surface area contributed by atoms with Gasteiger partial charge < -0.3 is 15.4 Å². The van der Waals surface area contributed by atoms with E-state index in [-0.39, 0.29) is 11.9 Å². The molecule has 0 radical (unpaired) electrons. The number of rotatable bonds is 6. The SMILES string of the molecule is CC[C@H](N)c1ccccc1OCCC(=O)N(C)C. The van der Waals surface area contributed by atoms with Crippen molar-refractivity contribution in [1.29, 1.82) is 0 Å². The molecule has 1 aromatic carbocycles. The average molecular weight is 250 g/mol. The predicted octanol–water partition coefficient (Wildman–Crippen LogP) is 1.95. The van der Waals surface area contributed by atoms with Crippen molar-refractivity contribution >= 4 is 5.91 Å². The standard InChI is InChI=1S/C14H22N2O2/c1-4-12(15)11-7-5-6-8-13(11)18-10-9-14(17)16(2)3/h5-8,12H,4,9-10,15H2,1-3H3/t12-/m0/s1. The van der Waals surface area contributed by atoms with Crippen molar-refractivity contribution < 1.29 is 9.53 Å². The smallest absolute Gasteiger partial charge is 0.225 e. The van der Waals surface area contributed by atoms with Gasteiger partial charge in [0, 0.05) is 25.7 Å². The minimum Gasteiger partial charge on any atom is -0.493 e. The van der Waals surface area contributed by atoms with Gasteiger partial charge in [-0.15, -0.1) is 0 Å². The third-order valence-corrected chi connectivity index (χ3v) is 2.83. The van der Waals surface area contributed by atoms with Crippen LogP contribution in [-0.2, 0) is 4.79 Å². The number of nitrogens with zero attached hydrogens (tertiary/aromatic N) is 1. The van der Waals surface area contributed by atoms with Crippen LogP contribution in [0.5, 0.6) is 5.75 Å². The lowest BCUT2D eigenvalue weighted by molar-refractivity contribution is -0.129. The van der Waals surface area contributed by atoms with Gasteiger partial charge in [0.2, 0.25) is 5.91 Å². The Morgan fingerprint density at radius 2 is 2.06 bits per heavy atom. The molecule has 18 heavy (non-hydrogen) atoms. The summed E-state index contributed by atoms with van der Waals surface area (Å²) in [5.41, 5.74) is 7.02. The molecule has 0 aliphatic rings. The monoisotopic (exact) mass is 250 g/mol. The summed E-state index contributed by atoms with van der Waals surface area (Å²) >= 11 is 0. The van der Waals surface area contributed by atoms with E-state index in [1.807, 2.05) is 31.2 Å². The van der Waals surface area contributed by atoms with Crippen molar-refractivity contribution in [3.63, 3.8) is 0 Å². The van der Waals surface area contributed by atoms with Crippen LogP contribution in [0.2, 0.25) is 0 Å². The quantitative estimate of drug-likeness (QED) is 0.839. The van der Waals surface area contributed by atoms with E-state index in [2.05, 4.69) is 0 Å². The maximum atomic E-state index is 11.4. The molecular weight excluding hydrogens is 228 g/mol. The van der Waals surface area contributed by atoms with E-state index in [1.165, 1.54) is 0 Å². The molecule has 0 spiro atoms. The molecule has 0 aliphatic carbocycles. The van der Waals surface area contributed by atoms with Gasteiger partial charge >= 0.3 is 0 Å². The van der Waals surface area contributed by atoms with E-state index >= 15 is 0 Å². The molecule has 0 bridgehead atoms. The molecule has 1 rings (SSSR count). The van der Waals surface area contributed by atoms with Gasteiger partial charge in [0.05, 0.1) is 13.0 Å². The second-order valence-electron chi connectivity index (χ2n) is 4.44. The summed E-state index contributed by atoms with van der Waals surface area (Å²) in [7, 11) is 3.48. The first-order valence-corrected chi connectivity index (χ1v) is 6.23. The second kappa shape index (κ2) is 7.01. The maximum absolute atomic E-state index is 11.4. The van der Waals surface area contributed by atoms with Gasteiger partial charge in [0.15, 0.2) is 0 Å². The molecule has 0 unspecified atom stereocenters. The third-order valence-electron chi connectivity index (χ3n) is 2.83. The Kier molecular flexibility index (Phi) is 5.65. The highest BCUT2D eigenvalue weighted by atomic mass is 16.5. The topological polar surface area (TPSA) is 55.6 Å². The van der Waals surface area contributed by atoms with Crippen LogP contribution < -0.4 is 10.5 Å². The molecule has 1 amide bonds. The number of benzene rings is 1. The molecule has 1 atom stereocenters. The highest BCUT2D eigenvalue weighted by molar-refractivity contribution is 5.75. The zero-order valence-corrected chi connectivity index (χ0v) is 11.3. The summed E-state index contributed by atoms with van der Waals surface area (Å²) in [6.45, 7) is 2.42. The molecule has 0 aliphatic heterocycles. The number of amides is 1. The average Bonchev–Trinajstić information content (AvgIpc) is 2.38. The Morgan fingerprint density at radius 1 is 1.39 bits per heavy atom. The summed E-state index contributed by atoms with van der Waals surface area (Å²) < 4.78 is 5.65. The van der Waals surface area contributed by atoms with E-state index in [0.717, 1.165) is 17.7 Å². The Hall–Kier alpha value is -1.55. The Balaban J connectivity index is 2.59. The molecule has 0 saturated heterocycles. The minimum absolute atomic E-state index is 0.0225. The summed E-state index contributed by atoms with van der Waals surface area (Å²) in [6, 6.07) is 7.70. The van der Waals surface area contributed by atoms with Crippen LogP contribution in [0.15, 0.2) is 24.3 Å². The molecule has 0 aromatic heterocycles. The van der Waals surface area contributed by atoms with Crippen molar-refractivity contribution in [1.82, 2.24) is 4.90 Å². The highest BCUT2D eigenvalue weighted by Crippen LogP contribution is 2.25. The number of carbonyl (C=O) groups is 1. The molecule has 4 nitrogen and oxygen atoms in total. The molecule has 1 aromatic rings. The molecule has 0 heterocycles. The fourth-order valence-electron chi connectivity index (χ4n) is 1.61. The van der Waals surface area contributed by atoms with Crippen molar-refractivity contribution in [2.24, 2.45) is 5.73 Å². The van der Waals surface area contributed by atoms with E-state index < -0.39 is 0 Å². The Bertz CT molecular complexity index is 391. The van der Waals surface area contributed by atoms with E-state index in [9.17, 15) is 4.79 Å². The first kappa shape index (κ1) is 14.5. The highest BCUT2D eigenvalue weighted by Gasteiger charge is 2.10. The molecule has 0 fully saturated rings. The van der Waals surface area contributed by atoms with Crippen LogP contribution in [0, 0.1) is 0 Å². The van der Waals surface area contributed by atoms with Gasteiger partial charge in [-0.1, -0.05) is 25.1 Å².